The Morgan fingerprint density at radius 3 is 3.00 bits per heavy atom. The summed E-state index contributed by atoms with van der Waals surface area (Å²) in [5.74, 6) is -1.31. The van der Waals surface area contributed by atoms with Crippen molar-refractivity contribution in [1.29, 1.82) is 0 Å². The van der Waals surface area contributed by atoms with Gasteiger partial charge in [0.2, 0.25) is 6.29 Å². The van der Waals surface area contributed by atoms with E-state index in [9.17, 15) is 9.59 Å². The molecule has 0 unspecified atom stereocenters. The van der Waals surface area contributed by atoms with Gasteiger partial charge in [0.15, 0.2) is 5.60 Å². The smallest absolute Gasteiger partial charge is 0.337 e. The normalized spacial score (nSPS) is 44.0. The molecule has 4 aliphatic rings. The van der Waals surface area contributed by atoms with E-state index in [1.165, 1.54) is 13.4 Å². The van der Waals surface area contributed by atoms with Crippen molar-refractivity contribution in [1.82, 2.24) is 0 Å². The highest BCUT2D eigenvalue weighted by molar-refractivity contribution is 5.94. The lowest BCUT2D eigenvalue weighted by atomic mass is 9.78. The number of ether oxygens (including phenoxy) is 4. The molecular formula is C15H14O6. The van der Waals surface area contributed by atoms with Crippen LogP contribution < -0.4 is 0 Å². The first-order valence-corrected chi connectivity index (χ1v) is 6.80. The van der Waals surface area contributed by atoms with Crippen LogP contribution in [0.1, 0.15) is 6.92 Å². The van der Waals surface area contributed by atoms with E-state index in [4.69, 9.17) is 18.9 Å². The summed E-state index contributed by atoms with van der Waals surface area (Å²) in [4.78, 5) is 23.8. The molecule has 21 heavy (non-hydrogen) atoms. The summed E-state index contributed by atoms with van der Waals surface area (Å²) in [5, 5.41) is 0. The minimum absolute atomic E-state index is 0.231. The highest BCUT2D eigenvalue weighted by atomic mass is 16.7. The molecule has 0 amide bonds. The summed E-state index contributed by atoms with van der Waals surface area (Å²) in [6.07, 6.45) is 5.77. The van der Waals surface area contributed by atoms with Gasteiger partial charge in [-0.2, -0.15) is 0 Å². The summed E-state index contributed by atoms with van der Waals surface area (Å²) >= 11 is 0. The molecule has 2 fully saturated rings. The maximum Gasteiger partial charge on any atom is 0.337 e. The SMILES string of the molecule is C/C=C1\C(=O)O[C@]23C=C[C@@H]4C(C(=O)OC)=CO[C@@H](O[C@@H]12)[C@@H]43. The van der Waals surface area contributed by atoms with Crippen LogP contribution in [-0.4, -0.2) is 37.0 Å². The molecule has 3 aliphatic heterocycles. The van der Waals surface area contributed by atoms with E-state index in [0.29, 0.717) is 11.1 Å². The van der Waals surface area contributed by atoms with Crippen molar-refractivity contribution < 1.29 is 28.5 Å². The largest absolute Gasteiger partial charge is 0.471 e. The van der Waals surface area contributed by atoms with Crippen LogP contribution in [-0.2, 0) is 28.5 Å². The molecule has 0 aromatic carbocycles. The first-order valence-electron chi connectivity index (χ1n) is 6.80. The van der Waals surface area contributed by atoms with Crippen LogP contribution >= 0.6 is 0 Å². The summed E-state index contributed by atoms with van der Waals surface area (Å²) in [7, 11) is 1.32. The summed E-state index contributed by atoms with van der Waals surface area (Å²) in [6.45, 7) is 1.77. The lowest BCUT2D eigenvalue weighted by molar-refractivity contribution is -0.152. The van der Waals surface area contributed by atoms with Crippen LogP contribution in [0, 0.1) is 11.8 Å². The number of hydrogen-bond acceptors (Lipinski definition) is 6. The van der Waals surface area contributed by atoms with E-state index in [1.807, 2.05) is 12.2 Å². The molecule has 0 bridgehead atoms. The van der Waals surface area contributed by atoms with Gasteiger partial charge < -0.3 is 18.9 Å². The lowest BCUT2D eigenvalue weighted by Crippen LogP contribution is -2.43. The molecule has 0 aromatic heterocycles. The Morgan fingerprint density at radius 2 is 2.29 bits per heavy atom. The second-order valence-electron chi connectivity index (χ2n) is 5.48. The average molecular weight is 290 g/mol. The highest BCUT2D eigenvalue weighted by Gasteiger charge is 2.70. The first kappa shape index (κ1) is 12.6. The van der Waals surface area contributed by atoms with Crippen LogP contribution in [0.25, 0.3) is 0 Å². The standard InChI is InChI=1S/C15H14O6/c1-3-7-11-15(21-13(7)17)5-4-8-9(12(16)18-2)6-19-14(20-11)10(8)15/h3-6,8,10-11,14H,1-2H3/b7-3-/t8-,10-,11+,14+,15+/m1/s1. The topological polar surface area (TPSA) is 71.1 Å². The fraction of sp³-hybridized carbons (Fsp3) is 0.467. The minimum atomic E-state index is -0.873. The molecular weight excluding hydrogens is 276 g/mol. The molecule has 6 nitrogen and oxygen atoms in total. The number of carbonyl (C=O) groups is 2. The van der Waals surface area contributed by atoms with Gasteiger partial charge in [0.25, 0.3) is 0 Å². The number of rotatable bonds is 1. The van der Waals surface area contributed by atoms with Gasteiger partial charge in [-0.3, -0.25) is 0 Å². The van der Waals surface area contributed by atoms with Gasteiger partial charge in [-0.25, -0.2) is 9.59 Å². The van der Waals surface area contributed by atoms with E-state index >= 15 is 0 Å². The van der Waals surface area contributed by atoms with Crippen molar-refractivity contribution in [3.63, 3.8) is 0 Å². The van der Waals surface area contributed by atoms with E-state index in [1.54, 1.807) is 13.0 Å². The molecule has 0 aromatic rings. The van der Waals surface area contributed by atoms with Crippen molar-refractivity contribution in [3.05, 3.63) is 35.6 Å². The van der Waals surface area contributed by atoms with Gasteiger partial charge in [-0.1, -0.05) is 12.2 Å². The van der Waals surface area contributed by atoms with Gasteiger partial charge in [-0.15, -0.1) is 0 Å². The molecule has 110 valence electrons. The van der Waals surface area contributed by atoms with Crippen molar-refractivity contribution in [3.8, 4) is 0 Å². The third-order valence-corrected chi connectivity index (χ3v) is 4.65. The third kappa shape index (κ3) is 1.35. The third-order valence-electron chi connectivity index (χ3n) is 4.65. The fourth-order valence-corrected chi connectivity index (χ4v) is 3.74. The van der Waals surface area contributed by atoms with Crippen molar-refractivity contribution in [2.45, 2.75) is 24.9 Å². The molecule has 3 heterocycles. The van der Waals surface area contributed by atoms with Crippen molar-refractivity contribution >= 4 is 11.9 Å². The van der Waals surface area contributed by atoms with Gasteiger partial charge in [0, 0.05) is 5.92 Å². The molecule has 2 saturated heterocycles. The molecule has 4 rings (SSSR count). The van der Waals surface area contributed by atoms with E-state index in [-0.39, 0.29) is 17.8 Å². The lowest BCUT2D eigenvalue weighted by Gasteiger charge is -2.32. The van der Waals surface area contributed by atoms with Crippen molar-refractivity contribution in [2.75, 3.05) is 7.11 Å². The van der Waals surface area contributed by atoms with E-state index in [0.717, 1.165) is 0 Å². The number of methoxy groups -OCH3 is 1. The van der Waals surface area contributed by atoms with Gasteiger partial charge >= 0.3 is 11.9 Å². The summed E-state index contributed by atoms with van der Waals surface area (Å²) in [6, 6.07) is 0. The Morgan fingerprint density at radius 1 is 1.48 bits per heavy atom. The fourth-order valence-electron chi connectivity index (χ4n) is 3.74. The molecule has 0 radical (unpaired) electrons. The molecule has 5 atom stereocenters. The Bertz CT molecular complexity index is 630. The molecule has 1 aliphatic carbocycles. The Hall–Kier alpha value is -2.08. The first-order chi connectivity index (χ1) is 10.1. The quantitative estimate of drug-likeness (QED) is 0.405. The Kier molecular flexibility index (Phi) is 2.39. The highest BCUT2D eigenvalue weighted by Crippen LogP contribution is 2.57. The molecule has 0 saturated carbocycles. The second kappa shape index (κ2) is 3.98. The molecule has 1 spiro atoms. The molecule has 0 N–H and O–H groups in total. The van der Waals surface area contributed by atoms with Crippen LogP contribution in [0.15, 0.2) is 35.6 Å². The van der Waals surface area contributed by atoms with Gasteiger partial charge in [0.05, 0.1) is 30.4 Å². The number of hydrogen-bond donors (Lipinski definition) is 0. The average Bonchev–Trinajstić information content (AvgIpc) is 3.08. The summed E-state index contributed by atoms with van der Waals surface area (Å²) in [5.41, 5.74) is 0.0425. The monoisotopic (exact) mass is 290 g/mol. The zero-order valence-corrected chi connectivity index (χ0v) is 11.6. The van der Waals surface area contributed by atoms with Crippen LogP contribution in [0.3, 0.4) is 0 Å². The van der Waals surface area contributed by atoms with Gasteiger partial charge in [-0.05, 0) is 13.0 Å². The Balaban J connectivity index is 1.78. The maximum absolute atomic E-state index is 12.0. The molecule has 6 heteroatoms. The predicted octanol–water partition coefficient (Wildman–Crippen LogP) is 0.842. The Labute approximate surface area is 121 Å². The van der Waals surface area contributed by atoms with Crippen LogP contribution in [0.5, 0.6) is 0 Å². The van der Waals surface area contributed by atoms with Crippen LogP contribution in [0.2, 0.25) is 0 Å². The van der Waals surface area contributed by atoms with E-state index in [2.05, 4.69) is 0 Å². The zero-order chi connectivity index (χ0) is 14.8. The minimum Gasteiger partial charge on any atom is -0.471 e. The number of esters is 2. The summed E-state index contributed by atoms with van der Waals surface area (Å²) < 4.78 is 21.8. The number of carbonyl (C=O) groups excluding carboxylic acids is 2. The van der Waals surface area contributed by atoms with Crippen molar-refractivity contribution in [2.24, 2.45) is 11.8 Å². The zero-order valence-electron chi connectivity index (χ0n) is 11.6. The predicted molar refractivity (Wildman–Crippen MR) is 68.5 cm³/mol. The van der Waals surface area contributed by atoms with Gasteiger partial charge in [0.1, 0.15) is 6.10 Å². The maximum atomic E-state index is 12.0. The van der Waals surface area contributed by atoms with Crippen LogP contribution in [0.4, 0.5) is 0 Å². The second-order valence-corrected chi connectivity index (χ2v) is 5.48. The van der Waals surface area contributed by atoms with E-state index < -0.39 is 24.0 Å². The number of allylic oxidation sites excluding steroid dienone is 2.